The number of benzene rings is 1. The molecular formula is C16H16N2O2. The Morgan fingerprint density at radius 3 is 2.60 bits per heavy atom. The molecule has 1 aromatic carbocycles. The lowest BCUT2D eigenvalue weighted by Crippen LogP contribution is -2.35. The van der Waals surface area contributed by atoms with E-state index in [1.807, 2.05) is 30.3 Å². The van der Waals surface area contributed by atoms with Crippen molar-refractivity contribution in [1.29, 1.82) is 0 Å². The second-order valence-corrected chi connectivity index (χ2v) is 5.07. The molecule has 2 aromatic rings. The predicted octanol–water partition coefficient (Wildman–Crippen LogP) is 2.18. The Morgan fingerprint density at radius 2 is 1.95 bits per heavy atom. The molecule has 1 aliphatic rings. The van der Waals surface area contributed by atoms with Crippen LogP contribution >= 0.6 is 0 Å². The highest BCUT2D eigenvalue weighted by Gasteiger charge is 2.33. The summed E-state index contributed by atoms with van der Waals surface area (Å²) in [7, 11) is 0. The molecule has 1 amide bonds. The van der Waals surface area contributed by atoms with E-state index >= 15 is 0 Å². The first-order valence-electron chi connectivity index (χ1n) is 6.78. The van der Waals surface area contributed by atoms with E-state index in [1.54, 1.807) is 4.90 Å². The van der Waals surface area contributed by atoms with Crippen LogP contribution in [0.3, 0.4) is 0 Å². The van der Waals surface area contributed by atoms with Gasteiger partial charge in [0.15, 0.2) is 5.43 Å². The number of carbonyl (C=O) groups excluding carboxylic acids is 1. The first-order chi connectivity index (χ1) is 9.75. The van der Waals surface area contributed by atoms with Gasteiger partial charge in [-0.15, -0.1) is 0 Å². The quantitative estimate of drug-likeness (QED) is 0.924. The zero-order valence-corrected chi connectivity index (χ0v) is 11.1. The fourth-order valence-corrected chi connectivity index (χ4v) is 2.27. The lowest BCUT2D eigenvalue weighted by Gasteiger charge is -2.22. The number of nitrogens with zero attached hydrogens (tertiary/aromatic N) is 1. The monoisotopic (exact) mass is 268 g/mol. The predicted molar refractivity (Wildman–Crippen MR) is 76.4 cm³/mol. The van der Waals surface area contributed by atoms with Gasteiger partial charge < -0.3 is 9.88 Å². The second-order valence-electron chi connectivity index (χ2n) is 5.07. The number of pyridine rings is 1. The van der Waals surface area contributed by atoms with Crippen molar-refractivity contribution in [2.24, 2.45) is 0 Å². The molecule has 3 rings (SSSR count). The van der Waals surface area contributed by atoms with E-state index in [0.29, 0.717) is 6.54 Å². The van der Waals surface area contributed by atoms with Crippen molar-refractivity contribution < 1.29 is 4.79 Å². The Kier molecular flexibility index (Phi) is 3.37. The zero-order chi connectivity index (χ0) is 13.9. The summed E-state index contributed by atoms with van der Waals surface area (Å²) in [5, 5.41) is 0. The van der Waals surface area contributed by atoms with Gasteiger partial charge in [-0.2, -0.15) is 0 Å². The number of hydrogen-bond donors (Lipinski definition) is 1. The van der Waals surface area contributed by atoms with Gasteiger partial charge in [-0.05, 0) is 18.4 Å². The van der Waals surface area contributed by atoms with Gasteiger partial charge in [0.25, 0.3) is 5.91 Å². The molecule has 102 valence electrons. The van der Waals surface area contributed by atoms with Gasteiger partial charge in [-0.3, -0.25) is 9.59 Å². The first kappa shape index (κ1) is 12.7. The van der Waals surface area contributed by atoms with Gasteiger partial charge >= 0.3 is 0 Å². The number of aromatic amines is 1. The SMILES string of the molecule is O=C(c1c[nH]ccc1=O)N(Cc1ccccc1)C1CC1. The molecule has 1 heterocycles. The third-order valence-electron chi connectivity index (χ3n) is 3.50. The summed E-state index contributed by atoms with van der Waals surface area (Å²) in [6.45, 7) is 0.554. The number of rotatable bonds is 4. The summed E-state index contributed by atoms with van der Waals surface area (Å²) >= 11 is 0. The van der Waals surface area contributed by atoms with Crippen LogP contribution < -0.4 is 5.43 Å². The molecule has 0 atom stereocenters. The first-order valence-corrected chi connectivity index (χ1v) is 6.78. The van der Waals surface area contributed by atoms with E-state index in [0.717, 1.165) is 18.4 Å². The Morgan fingerprint density at radius 1 is 1.20 bits per heavy atom. The summed E-state index contributed by atoms with van der Waals surface area (Å²) in [5.41, 5.74) is 1.07. The van der Waals surface area contributed by atoms with Crippen molar-refractivity contribution in [3.63, 3.8) is 0 Å². The fourth-order valence-electron chi connectivity index (χ4n) is 2.27. The molecule has 1 aliphatic carbocycles. The van der Waals surface area contributed by atoms with Crippen LogP contribution in [0.15, 0.2) is 53.6 Å². The van der Waals surface area contributed by atoms with Crippen LogP contribution in [0.4, 0.5) is 0 Å². The minimum absolute atomic E-state index is 0.182. The topological polar surface area (TPSA) is 53.2 Å². The Balaban J connectivity index is 1.86. The Labute approximate surface area is 117 Å². The Bertz CT molecular complexity index is 659. The van der Waals surface area contributed by atoms with Crippen molar-refractivity contribution in [3.8, 4) is 0 Å². The molecule has 1 fully saturated rings. The summed E-state index contributed by atoms with van der Waals surface area (Å²) in [6, 6.07) is 11.5. The van der Waals surface area contributed by atoms with Gasteiger partial charge in [-0.1, -0.05) is 30.3 Å². The average Bonchev–Trinajstić information content (AvgIpc) is 3.30. The van der Waals surface area contributed by atoms with E-state index in [-0.39, 0.29) is 22.9 Å². The van der Waals surface area contributed by atoms with E-state index < -0.39 is 0 Å². The lowest BCUT2D eigenvalue weighted by molar-refractivity contribution is 0.0728. The van der Waals surface area contributed by atoms with Crippen molar-refractivity contribution in [2.45, 2.75) is 25.4 Å². The van der Waals surface area contributed by atoms with Crippen LogP contribution in [0.25, 0.3) is 0 Å². The van der Waals surface area contributed by atoms with Crippen molar-refractivity contribution >= 4 is 5.91 Å². The largest absolute Gasteiger partial charge is 0.367 e. The van der Waals surface area contributed by atoms with Crippen LogP contribution in [0, 0.1) is 0 Å². The van der Waals surface area contributed by atoms with E-state index in [2.05, 4.69) is 4.98 Å². The molecule has 1 saturated carbocycles. The highest BCUT2D eigenvalue weighted by molar-refractivity contribution is 5.94. The summed E-state index contributed by atoms with van der Waals surface area (Å²) in [6.07, 6.45) is 5.06. The maximum atomic E-state index is 12.6. The number of H-pyrrole nitrogens is 1. The number of nitrogens with one attached hydrogen (secondary N) is 1. The van der Waals surface area contributed by atoms with Crippen LogP contribution in [0.5, 0.6) is 0 Å². The molecule has 20 heavy (non-hydrogen) atoms. The van der Waals surface area contributed by atoms with Gasteiger partial charge in [0.1, 0.15) is 5.56 Å². The van der Waals surface area contributed by atoms with Crippen molar-refractivity contribution in [2.75, 3.05) is 0 Å². The highest BCUT2D eigenvalue weighted by atomic mass is 16.2. The number of carbonyl (C=O) groups is 1. The molecular weight excluding hydrogens is 252 g/mol. The summed E-state index contributed by atoms with van der Waals surface area (Å²) in [4.78, 5) is 29.0. The van der Waals surface area contributed by atoms with E-state index in [9.17, 15) is 9.59 Å². The minimum Gasteiger partial charge on any atom is -0.367 e. The number of amides is 1. The highest BCUT2D eigenvalue weighted by Crippen LogP contribution is 2.29. The molecule has 0 spiro atoms. The van der Waals surface area contributed by atoms with Crippen LogP contribution in [0.2, 0.25) is 0 Å². The van der Waals surface area contributed by atoms with Crippen molar-refractivity contribution in [3.05, 3.63) is 70.1 Å². The standard InChI is InChI=1S/C16H16N2O2/c19-15-8-9-17-10-14(15)16(20)18(13-6-7-13)11-12-4-2-1-3-5-12/h1-5,8-10,13H,6-7,11H2,(H,17,19). The maximum Gasteiger partial charge on any atom is 0.259 e. The van der Waals surface area contributed by atoms with Crippen LogP contribution in [-0.4, -0.2) is 21.8 Å². The molecule has 0 saturated heterocycles. The molecule has 0 aliphatic heterocycles. The number of aromatic nitrogens is 1. The average molecular weight is 268 g/mol. The van der Waals surface area contributed by atoms with Crippen LogP contribution in [-0.2, 0) is 6.54 Å². The molecule has 1 N–H and O–H groups in total. The second kappa shape index (κ2) is 5.33. The third kappa shape index (κ3) is 2.64. The summed E-state index contributed by atoms with van der Waals surface area (Å²) < 4.78 is 0. The maximum absolute atomic E-state index is 12.6. The summed E-state index contributed by atoms with van der Waals surface area (Å²) in [5.74, 6) is -0.182. The van der Waals surface area contributed by atoms with E-state index in [4.69, 9.17) is 0 Å². The molecule has 0 unspecified atom stereocenters. The molecule has 4 nitrogen and oxygen atoms in total. The minimum atomic E-state index is -0.229. The van der Waals surface area contributed by atoms with Gasteiger partial charge in [0, 0.05) is 31.0 Å². The van der Waals surface area contributed by atoms with Crippen LogP contribution in [0.1, 0.15) is 28.8 Å². The van der Waals surface area contributed by atoms with Gasteiger partial charge in [0.05, 0.1) is 0 Å². The smallest absolute Gasteiger partial charge is 0.259 e. The fraction of sp³-hybridized carbons (Fsp3) is 0.250. The molecule has 0 bridgehead atoms. The van der Waals surface area contributed by atoms with E-state index in [1.165, 1.54) is 18.5 Å². The molecule has 4 heteroatoms. The van der Waals surface area contributed by atoms with Gasteiger partial charge in [-0.25, -0.2) is 0 Å². The van der Waals surface area contributed by atoms with Gasteiger partial charge in [0.2, 0.25) is 0 Å². The van der Waals surface area contributed by atoms with Crippen molar-refractivity contribution in [1.82, 2.24) is 9.88 Å². The zero-order valence-electron chi connectivity index (χ0n) is 11.1. The number of hydrogen-bond acceptors (Lipinski definition) is 2. The normalized spacial score (nSPS) is 14.0. The lowest BCUT2D eigenvalue weighted by atomic mass is 10.2. The Hall–Kier alpha value is -2.36. The molecule has 0 radical (unpaired) electrons. The third-order valence-corrected chi connectivity index (χ3v) is 3.50. The molecule has 1 aromatic heterocycles.